The molecule has 136 valence electrons. The smallest absolute Gasteiger partial charge is 0.122 e. The van der Waals surface area contributed by atoms with E-state index in [1.54, 1.807) is 7.11 Å². The Morgan fingerprint density at radius 2 is 1.81 bits per heavy atom. The third-order valence-corrected chi connectivity index (χ3v) is 6.72. The Hall–Kier alpha value is -1.84. The Bertz CT molecular complexity index is 815. The lowest BCUT2D eigenvalue weighted by molar-refractivity contribution is 0.209. The number of aryl methyl sites for hydroxylation is 1. The molecule has 0 N–H and O–H groups in total. The van der Waals surface area contributed by atoms with E-state index in [1.165, 1.54) is 65.8 Å². The largest absolute Gasteiger partial charge is 0.496 e. The molecule has 0 unspecified atom stereocenters. The molecule has 1 aliphatic rings. The molecule has 0 aliphatic carbocycles. The molecule has 0 bridgehead atoms. The van der Waals surface area contributed by atoms with Crippen LogP contribution in [0.1, 0.15) is 35.6 Å². The van der Waals surface area contributed by atoms with Gasteiger partial charge in [-0.05, 0) is 80.4 Å². The zero-order valence-corrected chi connectivity index (χ0v) is 16.3. The first-order valence-electron chi connectivity index (χ1n) is 9.66. The molecule has 0 spiro atoms. The van der Waals surface area contributed by atoms with E-state index in [9.17, 15) is 0 Å². The van der Waals surface area contributed by atoms with Crippen molar-refractivity contribution in [2.24, 2.45) is 0 Å². The molecule has 3 aromatic rings. The Morgan fingerprint density at radius 1 is 1.04 bits per heavy atom. The van der Waals surface area contributed by atoms with E-state index in [1.807, 2.05) is 11.3 Å². The molecule has 2 nitrogen and oxygen atoms in total. The fraction of sp³-hybridized carbons (Fsp3) is 0.391. The number of piperidine rings is 1. The number of fused-ring (bicyclic) bond motifs is 1. The highest BCUT2D eigenvalue weighted by molar-refractivity contribution is 7.19. The van der Waals surface area contributed by atoms with Gasteiger partial charge in [0.2, 0.25) is 0 Å². The maximum atomic E-state index is 5.55. The number of thiophene rings is 1. The maximum Gasteiger partial charge on any atom is 0.122 e. The number of likely N-dealkylation sites (tertiary alicyclic amines) is 1. The minimum atomic E-state index is 0.644. The molecule has 1 aliphatic heterocycles. The van der Waals surface area contributed by atoms with Crippen molar-refractivity contribution in [3.05, 3.63) is 65.0 Å². The molecule has 1 aromatic heterocycles. The van der Waals surface area contributed by atoms with Crippen molar-refractivity contribution >= 4 is 21.4 Å². The average molecular weight is 366 g/mol. The highest BCUT2D eigenvalue weighted by atomic mass is 32.1. The molecule has 1 saturated heterocycles. The van der Waals surface area contributed by atoms with Gasteiger partial charge in [0.1, 0.15) is 5.75 Å². The SMILES string of the molecule is COc1ccccc1C1CCN(CCCc2cc3ccccc3s2)CC1. The van der Waals surface area contributed by atoms with Gasteiger partial charge in [0.05, 0.1) is 7.11 Å². The van der Waals surface area contributed by atoms with E-state index in [0.717, 1.165) is 5.75 Å². The normalized spacial score (nSPS) is 16.2. The van der Waals surface area contributed by atoms with E-state index in [4.69, 9.17) is 4.74 Å². The molecule has 2 heterocycles. The van der Waals surface area contributed by atoms with E-state index in [0.29, 0.717) is 5.92 Å². The van der Waals surface area contributed by atoms with Crippen molar-refractivity contribution in [2.75, 3.05) is 26.7 Å². The molecule has 2 aromatic carbocycles. The first kappa shape index (κ1) is 17.6. The van der Waals surface area contributed by atoms with E-state index in [2.05, 4.69) is 59.5 Å². The van der Waals surface area contributed by atoms with Crippen LogP contribution in [0.3, 0.4) is 0 Å². The predicted octanol–water partition coefficient (Wildman–Crippen LogP) is 5.72. The molecular formula is C23H27NOS. The molecular weight excluding hydrogens is 338 g/mol. The summed E-state index contributed by atoms with van der Waals surface area (Å²) in [5, 5.41) is 1.39. The average Bonchev–Trinajstić information content (AvgIpc) is 3.11. The second-order valence-electron chi connectivity index (χ2n) is 7.21. The van der Waals surface area contributed by atoms with Crippen molar-refractivity contribution in [1.29, 1.82) is 0 Å². The lowest BCUT2D eigenvalue weighted by atomic mass is 9.88. The van der Waals surface area contributed by atoms with Crippen LogP contribution < -0.4 is 4.74 Å². The van der Waals surface area contributed by atoms with Crippen LogP contribution >= 0.6 is 11.3 Å². The van der Waals surface area contributed by atoms with Crippen molar-refractivity contribution in [1.82, 2.24) is 4.90 Å². The van der Waals surface area contributed by atoms with Gasteiger partial charge in [-0.2, -0.15) is 0 Å². The summed E-state index contributed by atoms with van der Waals surface area (Å²) in [6.45, 7) is 3.62. The summed E-state index contributed by atoms with van der Waals surface area (Å²) in [4.78, 5) is 4.16. The number of benzene rings is 2. The topological polar surface area (TPSA) is 12.5 Å². The van der Waals surface area contributed by atoms with Gasteiger partial charge in [0.25, 0.3) is 0 Å². The van der Waals surface area contributed by atoms with Crippen molar-refractivity contribution in [3.8, 4) is 5.75 Å². The lowest BCUT2D eigenvalue weighted by Gasteiger charge is -2.32. The number of hydrogen-bond donors (Lipinski definition) is 0. The van der Waals surface area contributed by atoms with Crippen LogP contribution in [0.25, 0.3) is 10.1 Å². The van der Waals surface area contributed by atoms with Crippen LogP contribution in [-0.4, -0.2) is 31.6 Å². The minimum absolute atomic E-state index is 0.644. The third-order valence-electron chi connectivity index (χ3n) is 5.54. The van der Waals surface area contributed by atoms with Crippen LogP contribution in [0.15, 0.2) is 54.6 Å². The first-order valence-corrected chi connectivity index (χ1v) is 10.5. The summed E-state index contributed by atoms with van der Waals surface area (Å²) >= 11 is 1.95. The molecule has 0 amide bonds. The monoisotopic (exact) mass is 365 g/mol. The Balaban J connectivity index is 1.26. The Labute approximate surface area is 160 Å². The molecule has 0 radical (unpaired) electrons. The summed E-state index contributed by atoms with van der Waals surface area (Å²) in [6, 6.07) is 19.6. The molecule has 1 fully saturated rings. The molecule has 26 heavy (non-hydrogen) atoms. The highest BCUT2D eigenvalue weighted by Gasteiger charge is 2.22. The van der Waals surface area contributed by atoms with Gasteiger partial charge in [-0.3, -0.25) is 0 Å². The summed E-state index contributed by atoms with van der Waals surface area (Å²) in [6.07, 6.45) is 4.93. The third kappa shape index (κ3) is 3.94. The summed E-state index contributed by atoms with van der Waals surface area (Å²) in [7, 11) is 1.78. The van der Waals surface area contributed by atoms with Gasteiger partial charge in [-0.25, -0.2) is 0 Å². The van der Waals surface area contributed by atoms with Crippen molar-refractivity contribution < 1.29 is 4.74 Å². The van der Waals surface area contributed by atoms with Crippen LogP contribution in [0.5, 0.6) is 5.75 Å². The second-order valence-corrected chi connectivity index (χ2v) is 8.38. The summed E-state index contributed by atoms with van der Waals surface area (Å²) in [5.41, 5.74) is 1.39. The molecule has 4 rings (SSSR count). The number of hydrogen-bond acceptors (Lipinski definition) is 3. The van der Waals surface area contributed by atoms with Gasteiger partial charge in [-0.1, -0.05) is 36.4 Å². The molecule has 0 saturated carbocycles. The van der Waals surface area contributed by atoms with Crippen molar-refractivity contribution in [2.45, 2.75) is 31.6 Å². The van der Waals surface area contributed by atoms with Gasteiger partial charge in [0.15, 0.2) is 0 Å². The fourth-order valence-corrected chi connectivity index (χ4v) is 5.21. The van der Waals surface area contributed by atoms with Gasteiger partial charge in [0, 0.05) is 9.58 Å². The first-order chi connectivity index (χ1) is 12.8. The fourth-order valence-electron chi connectivity index (χ4n) is 4.11. The number of methoxy groups -OCH3 is 1. The maximum absolute atomic E-state index is 5.55. The minimum Gasteiger partial charge on any atom is -0.496 e. The molecule has 3 heteroatoms. The Morgan fingerprint density at radius 3 is 2.62 bits per heavy atom. The summed E-state index contributed by atoms with van der Waals surface area (Å²) in [5.74, 6) is 1.70. The summed E-state index contributed by atoms with van der Waals surface area (Å²) < 4.78 is 6.97. The highest BCUT2D eigenvalue weighted by Crippen LogP contribution is 2.34. The predicted molar refractivity (Wildman–Crippen MR) is 112 cm³/mol. The number of rotatable bonds is 6. The lowest BCUT2D eigenvalue weighted by Crippen LogP contribution is -2.33. The number of ether oxygens (including phenoxy) is 1. The van der Waals surface area contributed by atoms with Gasteiger partial charge >= 0.3 is 0 Å². The van der Waals surface area contributed by atoms with E-state index >= 15 is 0 Å². The van der Waals surface area contributed by atoms with Crippen LogP contribution in [0.4, 0.5) is 0 Å². The second kappa shape index (κ2) is 8.24. The quantitative estimate of drug-likeness (QED) is 0.554. The van der Waals surface area contributed by atoms with Gasteiger partial charge in [-0.15, -0.1) is 11.3 Å². The van der Waals surface area contributed by atoms with E-state index in [-0.39, 0.29) is 0 Å². The number of nitrogens with zero attached hydrogens (tertiary/aromatic N) is 1. The van der Waals surface area contributed by atoms with Crippen molar-refractivity contribution in [3.63, 3.8) is 0 Å². The van der Waals surface area contributed by atoms with Gasteiger partial charge < -0.3 is 9.64 Å². The zero-order chi connectivity index (χ0) is 17.8. The van der Waals surface area contributed by atoms with Crippen LogP contribution in [-0.2, 0) is 6.42 Å². The zero-order valence-electron chi connectivity index (χ0n) is 15.5. The Kier molecular flexibility index (Phi) is 5.57. The van der Waals surface area contributed by atoms with Crippen LogP contribution in [0.2, 0.25) is 0 Å². The van der Waals surface area contributed by atoms with E-state index < -0.39 is 0 Å². The molecule has 0 atom stereocenters. The van der Waals surface area contributed by atoms with Crippen LogP contribution in [0, 0.1) is 0 Å². The standard InChI is InChI=1S/C23H27NOS/c1-25-22-10-4-3-9-21(22)18-12-15-24(16-13-18)14-6-8-20-17-19-7-2-5-11-23(19)26-20/h2-5,7,9-11,17-18H,6,8,12-16H2,1H3. The number of para-hydroxylation sites is 1.